The van der Waals surface area contributed by atoms with Crippen LogP contribution in [0.3, 0.4) is 0 Å². The number of ketones is 1. The van der Waals surface area contributed by atoms with Crippen LogP contribution in [0.15, 0.2) is 71.1 Å². The monoisotopic (exact) mass is 447 g/mol. The predicted molar refractivity (Wildman–Crippen MR) is 125 cm³/mol. The Labute approximate surface area is 194 Å². The summed E-state index contributed by atoms with van der Waals surface area (Å²) in [6, 6.07) is 15.3. The minimum atomic E-state index is -0.556. The smallest absolute Gasteiger partial charge is 0.336 e. The van der Waals surface area contributed by atoms with Crippen molar-refractivity contribution < 1.29 is 23.8 Å². The van der Waals surface area contributed by atoms with Gasteiger partial charge in [-0.05, 0) is 31.4 Å². The molecule has 2 aliphatic rings. The number of hydrogen-bond donors (Lipinski definition) is 1. The van der Waals surface area contributed by atoms with Crippen molar-refractivity contribution in [2.24, 2.45) is 0 Å². The first-order chi connectivity index (χ1) is 16.0. The van der Waals surface area contributed by atoms with Crippen molar-refractivity contribution in [2.75, 3.05) is 20.8 Å². The van der Waals surface area contributed by atoms with Gasteiger partial charge in [-0.15, -0.1) is 0 Å². The molecule has 172 valence electrons. The number of nitrogens with one attached hydrogen (secondary N) is 1. The van der Waals surface area contributed by atoms with Gasteiger partial charge in [-0.25, -0.2) is 4.79 Å². The molecular weight excluding hydrogens is 418 g/mol. The number of rotatable bonds is 7. The molecule has 2 aromatic rings. The number of benzene rings is 2. The van der Waals surface area contributed by atoms with E-state index in [1.165, 1.54) is 0 Å². The number of Topliss-reactive ketones (excluding diaryl/α,β-unsaturated/α-hetero) is 1. The summed E-state index contributed by atoms with van der Waals surface area (Å²) in [6.07, 6.45) is 2.64. The fourth-order valence-corrected chi connectivity index (χ4v) is 4.61. The van der Waals surface area contributed by atoms with Gasteiger partial charge in [0.05, 0.1) is 32.3 Å². The largest absolute Gasteiger partial charge is 0.497 e. The van der Waals surface area contributed by atoms with E-state index in [-0.39, 0.29) is 12.4 Å². The second-order valence-electron chi connectivity index (χ2n) is 8.25. The highest BCUT2D eigenvalue weighted by Gasteiger charge is 2.40. The number of ether oxygens (including phenoxy) is 3. The molecule has 6 heteroatoms. The first-order valence-corrected chi connectivity index (χ1v) is 11.2. The maximum absolute atomic E-state index is 13.4. The zero-order chi connectivity index (χ0) is 23.4. The molecule has 33 heavy (non-hydrogen) atoms. The van der Waals surface area contributed by atoms with Crippen molar-refractivity contribution in [3.63, 3.8) is 0 Å². The lowest BCUT2D eigenvalue weighted by molar-refractivity contribution is -0.139. The summed E-state index contributed by atoms with van der Waals surface area (Å²) in [5.74, 6) is 0.270. The molecule has 6 nitrogen and oxygen atoms in total. The quantitative estimate of drug-likeness (QED) is 0.632. The second-order valence-corrected chi connectivity index (χ2v) is 8.25. The highest BCUT2D eigenvalue weighted by atomic mass is 16.5. The van der Waals surface area contributed by atoms with Gasteiger partial charge in [-0.3, -0.25) is 4.79 Å². The minimum absolute atomic E-state index is 0.0497. The van der Waals surface area contributed by atoms with Crippen molar-refractivity contribution in [3.8, 4) is 11.5 Å². The van der Waals surface area contributed by atoms with E-state index < -0.39 is 11.9 Å². The van der Waals surface area contributed by atoms with E-state index in [1.54, 1.807) is 20.3 Å². The highest BCUT2D eigenvalue weighted by Crippen LogP contribution is 2.46. The van der Waals surface area contributed by atoms with Crippen LogP contribution in [-0.2, 0) is 20.7 Å². The Balaban J connectivity index is 1.70. The minimum Gasteiger partial charge on any atom is -0.497 e. The Bertz CT molecular complexity index is 1120. The van der Waals surface area contributed by atoms with Gasteiger partial charge in [0.25, 0.3) is 0 Å². The van der Waals surface area contributed by atoms with Crippen LogP contribution in [0.5, 0.6) is 11.5 Å². The molecule has 1 heterocycles. The Morgan fingerprint density at radius 1 is 1.06 bits per heavy atom. The molecule has 0 amide bonds. The lowest BCUT2D eigenvalue weighted by Crippen LogP contribution is -2.34. The number of esters is 1. The Morgan fingerprint density at radius 3 is 2.58 bits per heavy atom. The van der Waals surface area contributed by atoms with Gasteiger partial charge >= 0.3 is 5.97 Å². The zero-order valence-corrected chi connectivity index (χ0v) is 19.3. The van der Waals surface area contributed by atoms with Crippen LogP contribution in [0, 0.1) is 0 Å². The third kappa shape index (κ3) is 4.65. The fourth-order valence-electron chi connectivity index (χ4n) is 4.61. The molecule has 0 unspecified atom stereocenters. The van der Waals surface area contributed by atoms with Crippen LogP contribution >= 0.6 is 0 Å². The van der Waals surface area contributed by atoms with Crippen molar-refractivity contribution in [1.82, 2.24) is 5.32 Å². The van der Waals surface area contributed by atoms with E-state index in [4.69, 9.17) is 14.2 Å². The van der Waals surface area contributed by atoms with E-state index in [0.29, 0.717) is 41.2 Å². The molecule has 0 radical (unpaired) electrons. The number of hydrogen-bond acceptors (Lipinski definition) is 6. The van der Waals surface area contributed by atoms with E-state index in [0.717, 1.165) is 29.7 Å². The highest BCUT2D eigenvalue weighted by molar-refractivity contribution is 6.04. The lowest BCUT2D eigenvalue weighted by atomic mass is 9.75. The maximum Gasteiger partial charge on any atom is 0.336 e. The van der Waals surface area contributed by atoms with Crippen LogP contribution < -0.4 is 14.8 Å². The Morgan fingerprint density at radius 2 is 1.85 bits per heavy atom. The van der Waals surface area contributed by atoms with Crippen molar-refractivity contribution in [3.05, 3.63) is 82.2 Å². The zero-order valence-electron chi connectivity index (χ0n) is 19.3. The first kappa shape index (κ1) is 22.6. The van der Waals surface area contributed by atoms with Crippen LogP contribution in [0.1, 0.15) is 43.2 Å². The summed E-state index contributed by atoms with van der Waals surface area (Å²) in [5, 5.41) is 3.32. The van der Waals surface area contributed by atoms with Gasteiger partial charge in [0.2, 0.25) is 0 Å². The number of allylic oxidation sites excluding steroid dienone is 3. The van der Waals surface area contributed by atoms with Gasteiger partial charge in [0, 0.05) is 41.4 Å². The number of dihydropyridines is 1. The topological polar surface area (TPSA) is 73.9 Å². The second kappa shape index (κ2) is 9.94. The summed E-state index contributed by atoms with van der Waals surface area (Å²) >= 11 is 0. The number of methoxy groups -OCH3 is 2. The summed E-state index contributed by atoms with van der Waals surface area (Å²) in [5.41, 5.74) is 4.50. The van der Waals surface area contributed by atoms with Crippen molar-refractivity contribution in [1.29, 1.82) is 0 Å². The molecule has 1 N–H and O–H groups in total. The predicted octanol–water partition coefficient (Wildman–Crippen LogP) is 4.46. The van der Waals surface area contributed by atoms with Crippen molar-refractivity contribution >= 4 is 11.8 Å². The molecule has 2 aromatic carbocycles. The van der Waals surface area contributed by atoms with Gasteiger partial charge in [0.1, 0.15) is 11.5 Å². The maximum atomic E-state index is 13.4. The summed E-state index contributed by atoms with van der Waals surface area (Å²) in [6.45, 7) is 2.12. The lowest BCUT2D eigenvalue weighted by Gasteiger charge is -2.34. The molecule has 1 atom stereocenters. The first-order valence-electron chi connectivity index (χ1n) is 11.2. The molecule has 0 fully saturated rings. The molecule has 1 aliphatic carbocycles. The Hall–Kier alpha value is -3.54. The number of carbonyl (C=O) groups excluding carboxylic acids is 2. The van der Waals surface area contributed by atoms with Crippen LogP contribution in [-0.4, -0.2) is 32.6 Å². The molecular formula is C27H29NO5. The third-order valence-corrected chi connectivity index (χ3v) is 6.21. The van der Waals surface area contributed by atoms with Gasteiger partial charge in [-0.2, -0.15) is 0 Å². The molecule has 4 rings (SSSR count). The van der Waals surface area contributed by atoms with Crippen LogP contribution in [0.25, 0.3) is 0 Å². The average Bonchev–Trinajstić information content (AvgIpc) is 2.83. The van der Waals surface area contributed by atoms with Crippen LogP contribution in [0.2, 0.25) is 0 Å². The molecule has 0 saturated heterocycles. The average molecular weight is 448 g/mol. The van der Waals surface area contributed by atoms with Crippen molar-refractivity contribution in [2.45, 2.75) is 38.5 Å². The van der Waals surface area contributed by atoms with E-state index in [2.05, 4.69) is 5.32 Å². The van der Waals surface area contributed by atoms with Gasteiger partial charge in [-0.1, -0.05) is 36.4 Å². The van der Waals surface area contributed by atoms with Gasteiger partial charge < -0.3 is 19.5 Å². The summed E-state index contributed by atoms with van der Waals surface area (Å²) in [7, 11) is 3.16. The standard InChI is InChI=1S/C27H29NO5/c1-17-24(27(30)33-15-14-18-8-5-4-6-9-18)25(26-21(28-17)10-7-11-22(26)29)20-13-12-19(31-2)16-23(20)32-3/h4-6,8-9,12-13,16,25,28H,7,10-11,14-15H2,1-3H3/t25-/m0/s1. The SMILES string of the molecule is COc1ccc([C@H]2C(C(=O)OCCc3ccccc3)=C(C)NC3=C2C(=O)CCC3)c(OC)c1. The fraction of sp³-hybridized carbons (Fsp3) is 0.333. The molecule has 0 spiro atoms. The van der Waals surface area contributed by atoms with E-state index >= 15 is 0 Å². The number of carbonyl (C=O) groups is 2. The normalized spacial score (nSPS) is 17.9. The molecule has 0 aromatic heterocycles. The summed E-state index contributed by atoms with van der Waals surface area (Å²) < 4.78 is 16.7. The third-order valence-electron chi connectivity index (χ3n) is 6.21. The van der Waals surface area contributed by atoms with Gasteiger partial charge in [0.15, 0.2) is 5.78 Å². The van der Waals surface area contributed by atoms with Crippen LogP contribution in [0.4, 0.5) is 0 Å². The Kier molecular flexibility index (Phi) is 6.82. The molecule has 0 bridgehead atoms. The molecule has 1 aliphatic heterocycles. The van der Waals surface area contributed by atoms with E-state index in [9.17, 15) is 9.59 Å². The molecule has 0 saturated carbocycles. The summed E-state index contributed by atoms with van der Waals surface area (Å²) in [4.78, 5) is 26.4. The van der Waals surface area contributed by atoms with E-state index in [1.807, 2.05) is 49.4 Å².